The average Bonchev–Trinajstić information content (AvgIpc) is 3.31. The molecule has 1 aromatic carbocycles. The van der Waals surface area contributed by atoms with E-state index in [4.69, 9.17) is 9.47 Å². The zero-order chi connectivity index (χ0) is 32.4. The molecule has 5 aromatic rings. The first-order valence-corrected chi connectivity index (χ1v) is 13.7. The molecule has 14 heteroatoms. The molecule has 11 nitrogen and oxygen atoms in total. The van der Waals surface area contributed by atoms with E-state index in [2.05, 4.69) is 31.3 Å². The number of aryl methyl sites for hydroxylation is 1. The van der Waals surface area contributed by atoms with Crippen LogP contribution in [0, 0.1) is 22.8 Å². The number of nitriles is 2. The molecule has 0 saturated heterocycles. The zero-order valence-electron chi connectivity index (χ0n) is 24.8. The minimum absolute atomic E-state index is 0.174. The highest BCUT2D eigenvalue weighted by molar-refractivity contribution is 6.04. The minimum Gasteiger partial charge on any atom is -0.382 e. The Morgan fingerprint density at radius 1 is 0.978 bits per heavy atom. The number of nitrogens with one attached hydrogen (secondary N) is 1. The first kappa shape index (κ1) is 31.1. The van der Waals surface area contributed by atoms with Gasteiger partial charge in [-0.3, -0.25) is 14.5 Å². The predicted molar refractivity (Wildman–Crippen MR) is 160 cm³/mol. The number of ether oxygens (including phenoxy) is 2. The number of pyridine rings is 3. The maximum atomic E-state index is 14.1. The van der Waals surface area contributed by atoms with E-state index in [1.165, 1.54) is 13.3 Å². The summed E-state index contributed by atoms with van der Waals surface area (Å²) in [5, 5.41) is 22.2. The van der Waals surface area contributed by atoms with Gasteiger partial charge in [-0.2, -0.15) is 23.7 Å². The fourth-order valence-electron chi connectivity index (χ4n) is 4.86. The van der Waals surface area contributed by atoms with E-state index in [-0.39, 0.29) is 30.3 Å². The van der Waals surface area contributed by atoms with Crippen LogP contribution in [0.3, 0.4) is 0 Å². The average molecular weight is 616 g/mol. The van der Waals surface area contributed by atoms with Gasteiger partial charge in [-0.15, -0.1) is 4.99 Å². The zero-order valence-corrected chi connectivity index (χ0v) is 24.8. The molecule has 5 rings (SSSR count). The molecule has 0 atom stereocenters. The second-order valence-corrected chi connectivity index (χ2v) is 10.6. The van der Waals surface area contributed by atoms with Crippen LogP contribution in [-0.4, -0.2) is 51.1 Å². The summed E-state index contributed by atoms with van der Waals surface area (Å²) in [5.41, 5.74) is 2.16. The van der Waals surface area contributed by atoms with Gasteiger partial charge in [0.05, 0.1) is 70.6 Å². The van der Waals surface area contributed by atoms with E-state index >= 15 is 0 Å². The lowest BCUT2D eigenvalue weighted by molar-refractivity contribution is -0.137. The van der Waals surface area contributed by atoms with Crippen molar-refractivity contribution in [2.75, 3.05) is 32.4 Å². The van der Waals surface area contributed by atoms with Gasteiger partial charge in [0.2, 0.25) is 11.8 Å². The third-order valence-electron chi connectivity index (χ3n) is 7.28. The summed E-state index contributed by atoms with van der Waals surface area (Å²) in [5.74, 6) is -0.354. The van der Waals surface area contributed by atoms with Gasteiger partial charge < -0.3 is 19.4 Å². The SMILES string of the molecule is COCCOCNc1ncc(-c2ccc3ncc4c(c3c2)n(-c2ccc(C(C)(C)C#N)nc2)c(=NC#N)n4C)cc1C(F)(F)F. The van der Waals surface area contributed by atoms with Crippen LogP contribution < -0.4 is 10.9 Å². The molecular formula is C31H28F3N9O2. The largest absolute Gasteiger partial charge is 0.419 e. The Bertz CT molecular complexity index is 2030. The summed E-state index contributed by atoms with van der Waals surface area (Å²) in [4.78, 5) is 17.2. The molecule has 0 spiro atoms. The Morgan fingerprint density at radius 2 is 1.78 bits per heavy atom. The smallest absolute Gasteiger partial charge is 0.382 e. The van der Waals surface area contributed by atoms with Crippen molar-refractivity contribution in [3.05, 3.63) is 71.9 Å². The number of anilines is 1. The van der Waals surface area contributed by atoms with Crippen LogP contribution in [0.5, 0.6) is 0 Å². The van der Waals surface area contributed by atoms with Crippen LogP contribution in [0.1, 0.15) is 25.1 Å². The normalized spacial score (nSPS) is 12.4. The Labute approximate surface area is 255 Å². The van der Waals surface area contributed by atoms with Crippen molar-refractivity contribution in [1.29, 1.82) is 10.5 Å². The number of rotatable bonds is 9. The van der Waals surface area contributed by atoms with Gasteiger partial charge >= 0.3 is 6.18 Å². The van der Waals surface area contributed by atoms with Crippen molar-refractivity contribution < 1.29 is 22.6 Å². The summed E-state index contributed by atoms with van der Waals surface area (Å²) in [7, 11) is 3.23. The number of aromatic nitrogens is 5. The van der Waals surface area contributed by atoms with Gasteiger partial charge in [-0.25, -0.2) is 4.98 Å². The predicted octanol–water partition coefficient (Wildman–Crippen LogP) is 5.21. The number of nitrogens with zero attached hydrogens (tertiary/aromatic N) is 8. The summed E-state index contributed by atoms with van der Waals surface area (Å²) >= 11 is 0. The van der Waals surface area contributed by atoms with Crippen LogP contribution in [0.4, 0.5) is 19.0 Å². The van der Waals surface area contributed by atoms with Crippen molar-refractivity contribution in [2.24, 2.45) is 12.0 Å². The maximum absolute atomic E-state index is 14.1. The first-order valence-electron chi connectivity index (χ1n) is 13.7. The molecule has 0 aliphatic heterocycles. The van der Waals surface area contributed by atoms with Gasteiger partial charge in [0.15, 0.2) is 0 Å². The number of imidazole rings is 1. The third kappa shape index (κ3) is 6.06. The lowest BCUT2D eigenvalue weighted by Gasteiger charge is -2.16. The van der Waals surface area contributed by atoms with Crippen LogP contribution in [0.25, 0.3) is 38.8 Å². The fraction of sp³-hybridized carbons (Fsp3) is 0.290. The lowest BCUT2D eigenvalue weighted by Crippen LogP contribution is -2.23. The van der Waals surface area contributed by atoms with E-state index in [1.54, 1.807) is 72.8 Å². The highest BCUT2D eigenvalue weighted by Gasteiger charge is 2.35. The van der Waals surface area contributed by atoms with Gasteiger partial charge in [0.25, 0.3) is 0 Å². The molecule has 0 unspecified atom stereocenters. The summed E-state index contributed by atoms with van der Waals surface area (Å²) in [6.45, 7) is 3.86. The topological polar surface area (TPSA) is 139 Å². The van der Waals surface area contributed by atoms with Crippen LogP contribution >= 0.6 is 0 Å². The van der Waals surface area contributed by atoms with Gasteiger partial charge in [-0.1, -0.05) is 6.07 Å². The number of methoxy groups -OCH3 is 1. The summed E-state index contributed by atoms with van der Waals surface area (Å²) in [6, 6.07) is 11.9. The number of benzene rings is 1. The first-order chi connectivity index (χ1) is 21.5. The second-order valence-electron chi connectivity index (χ2n) is 10.6. The van der Waals surface area contributed by atoms with E-state index in [0.29, 0.717) is 45.5 Å². The highest BCUT2D eigenvalue weighted by atomic mass is 19.4. The van der Waals surface area contributed by atoms with E-state index in [9.17, 15) is 23.7 Å². The molecular weight excluding hydrogens is 587 g/mol. The molecule has 230 valence electrons. The molecule has 1 N–H and O–H groups in total. The molecule has 0 fully saturated rings. The van der Waals surface area contributed by atoms with Gasteiger partial charge in [-0.05, 0) is 49.7 Å². The Morgan fingerprint density at radius 3 is 2.44 bits per heavy atom. The second kappa shape index (κ2) is 12.4. The quantitative estimate of drug-likeness (QED) is 0.136. The van der Waals surface area contributed by atoms with Gasteiger partial charge in [0, 0.05) is 31.3 Å². The van der Waals surface area contributed by atoms with Crippen LogP contribution in [-0.2, 0) is 28.1 Å². The number of fused-ring (bicyclic) bond motifs is 3. The molecule has 45 heavy (non-hydrogen) atoms. The monoisotopic (exact) mass is 615 g/mol. The van der Waals surface area contributed by atoms with E-state index in [1.807, 2.05) is 6.19 Å². The summed E-state index contributed by atoms with van der Waals surface area (Å²) in [6.07, 6.45) is 1.75. The van der Waals surface area contributed by atoms with Crippen molar-refractivity contribution in [1.82, 2.24) is 24.1 Å². The molecule has 0 radical (unpaired) electrons. The number of hydrogen-bond acceptors (Lipinski definition) is 9. The lowest BCUT2D eigenvalue weighted by atomic mass is 9.91. The van der Waals surface area contributed by atoms with Crippen molar-refractivity contribution in [3.8, 4) is 29.1 Å². The Kier molecular flexibility index (Phi) is 8.55. The molecule has 0 aliphatic carbocycles. The van der Waals surface area contributed by atoms with Crippen molar-refractivity contribution in [2.45, 2.75) is 25.4 Å². The Hall–Kier alpha value is -5.31. The minimum atomic E-state index is -4.68. The van der Waals surface area contributed by atoms with Crippen LogP contribution in [0.15, 0.2) is 60.0 Å². The molecule has 0 saturated carbocycles. The standard InChI is InChI=1S/C31H28F3N9O2/c1-30(2,16-35)26-8-6-21(14-38-26)43-27-22-11-19(5-7-24(22)37-15-25(27)42(3)29(43)40-17-36)20-12-23(31(32,33)34)28(39-13-20)41-18-45-10-9-44-4/h5-8,11-15H,9-10,18H2,1-4H3,(H,39,41). The fourth-order valence-corrected chi connectivity index (χ4v) is 4.86. The number of halogens is 3. The molecule has 0 amide bonds. The third-order valence-corrected chi connectivity index (χ3v) is 7.28. The molecule has 0 aliphatic rings. The number of alkyl halides is 3. The summed E-state index contributed by atoms with van der Waals surface area (Å²) < 4.78 is 55.9. The van der Waals surface area contributed by atoms with Gasteiger partial charge in [0.1, 0.15) is 12.5 Å². The van der Waals surface area contributed by atoms with Crippen molar-refractivity contribution >= 4 is 27.8 Å². The molecule has 0 bridgehead atoms. The highest BCUT2D eigenvalue weighted by Crippen LogP contribution is 2.37. The molecule has 4 heterocycles. The Balaban J connectivity index is 1.67. The van der Waals surface area contributed by atoms with Crippen molar-refractivity contribution in [3.63, 3.8) is 0 Å². The van der Waals surface area contributed by atoms with E-state index in [0.717, 1.165) is 6.07 Å². The van der Waals surface area contributed by atoms with E-state index < -0.39 is 17.2 Å². The van der Waals surface area contributed by atoms with Crippen LogP contribution in [0.2, 0.25) is 0 Å². The molecule has 4 aromatic heterocycles. The maximum Gasteiger partial charge on any atom is 0.419 e. The number of hydrogen-bond donors (Lipinski definition) is 1.